The Hall–Kier alpha value is -1.12. The van der Waals surface area contributed by atoms with Gasteiger partial charge in [0.15, 0.2) is 11.6 Å². The van der Waals surface area contributed by atoms with Crippen molar-refractivity contribution in [3.8, 4) is 0 Å². The largest absolute Gasteiger partial charge is 0.204 e. The van der Waals surface area contributed by atoms with Crippen LogP contribution in [0.25, 0.3) is 0 Å². The van der Waals surface area contributed by atoms with E-state index in [0.29, 0.717) is 11.5 Å². The quantitative estimate of drug-likeness (QED) is 0.278. The van der Waals surface area contributed by atoms with Crippen LogP contribution in [-0.2, 0) is 6.42 Å². The average Bonchev–Trinajstić information content (AvgIpc) is 2.58. The molecule has 0 aliphatic heterocycles. The van der Waals surface area contributed by atoms with Crippen molar-refractivity contribution in [2.75, 3.05) is 0 Å². The van der Waals surface area contributed by atoms with E-state index in [2.05, 4.69) is 24.1 Å². The third-order valence-corrected chi connectivity index (χ3v) is 5.35. The molecule has 0 spiro atoms. The molecule has 0 aromatic heterocycles. The Bertz CT molecular complexity index is 550. The molecule has 1 saturated carbocycles. The minimum atomic E-state index is -0.651. The molecule has 0 radical (unpaired) electrons. The second kappa shape index (κ2) is 10.0. The van der Waals surface area contributed by atoms with Crippen molar-refractivity contribution in [1.82, 2.24) is 0 Å². The van der Waals surface area contributed by atoms with Gasteiger partial charge in [0.05, 0.1) is 5.16 Å². The molecular formula is C20H27F2NS. The van der Waals surface area contributed by atoms with E-state index in [1.165, 1.54) is 63.5 Å². The van der Waals surface area contributed by atoms with Crippen LogP contribution < -0.4 is 0 Å². The van der Waals surface area contributed by atoms with Gasteiger partial charge in [-0.1, -0.05) is 58.3 Å². The molecule has 1 aliphatic carbocycles. The number of thiocarbonyl (C=S) groups is 1. The number of hydrogen-bond donors (Lipinski definition) is 0. The number of isothiocyanates is 1. The highest BCUT2D eigenvalue weighted by Crippen LogP contribution is 2.34. The Morgan fingerprint density at radius 1 is 1.04 bits per heavy atom. The summed E-state index contributed by atoms with van der Waals surface area (Å²) in [5.41, 5.74) is 0.375. The van der Waals surface area contributed by atoms with E-state index in [-0.39, 0.29) is 5.69 Å². The van der Waals surface area contributed by atoms with Crippen molar-refractivity contribution in [3.63, 3.8) is 0 Å². The number of halogens is 2. The Morgan fingerprint density at radius 2 is 1.62 bits per heavy atom. The summed E-state index contributed by atoms with van der Waals surface area (Å²) in [5, 5.41) is 2.02. The van der Waals surface area contributed by atoms with Crippen LogP contribution in [-0.4, -0.2) is 5.16 Å². The van der Waals surface area contributed by atoms with Gasteiger partial charge in [0.25, 0.3) is 0 Å². The molecular weight excluding hydrogens is 324 g/mol. The van der Waals surface area contributed by atoms with Gasteiger partial charge in [-0.25, -0.2) is 8.78 Å². The monoisotopic (exact) mass is 351 g/mol. The Balaban J connectivity index is 1.79. The lowest BCUT2D eigenvalue weighted by Gasteiger charge is -2.28. The minimum Gasteiger partial charge on any atom is -0.204 e. The molecule has 4 heteroatoms. The highest BCUT2D eigenvalue weighted by Gasteiger charge is 2.21. The lowest BCUT2D eigenvalue weighted by molar-refractivity contribution is 0.249. The van der Waals surface area contributed by atoms with Crippen molar-refractivity contribution in [1.29, 1.82) is 0 Å². The van der Waals surface area contributed by atoms with Gasteiger partial charge in [-0.15, -0.1) is 0 Å². The van der Waals surface area contributed by atoms with Crippen LogP contribution >= 0.6 is 12.2 Å². The van der Waals surface area contributed by atoms with E-state index in [1.807, 2.05) is 5.16 Å². The number of nitrogens with zero attached hydrogens (tertiary/aromatic N) is 1. The predicted molar refractivity (Wildman–Crippen MR) is 99.0 cm³/mol. The maximum absolute atomic E-state index is 13.8. The fourth-order valence-corrected chi connectivity index (χ4v) is 3.87. The molecule has 0 amide bonds. The molecule has 1 aromatic rings. The maximum Gasteiger partial charge on any atom is 0.152 e. The highest BCUT2D eigenvalue weighted by molar-refractivity contribution is 7.78. The number of aliphatic imine (C=N–C) groups is 1. The van der Waals surface area contributed by atoms with Gasteiger partial charge in [0, 0.05) is 0 Å². The lowest BCUT2D eigenvalue weighted by Crippen LogP contribution is -2.15. The zero-order valence-electron chi connectivity index (χ0n) is 14.5. The van der Waals surface area contributed by atoms with E-state index in [0.717, 1.165) is 18.8 Å². The van der Waals surface area contributed by atoms with Gasteiger partial charge < -0.3 is 0 Å². The van der Waals surface area contributed by atoms with Gasteiger partial charge >= 0.3 is 0 Å². The first kappa shape index (κ1) is 19.2. The summed E-state index contributed by atoms with van der Waals surface area (Å²) in [5.74, 6) is 0.288. The van der Waals surface area contributed by atoms with Gasteiger partial charge in [0.1, 0.15) is 5.69 Å². The number of unbranched alkanes of at least 4 members (excludes halogenated alkanes) is 2. The predicted octanol–water partition coefficient (Wildman–Crippen LogP) is 7.02. The van der Waals surface area contributed by atoms with Crippen LogP contribution in [0.3, 0.4) is 0 Å². The normalized spacial score (nSPS) is 20.6. The maximum atomic E-state index is 13.8. The molecule has 0 N–H and O–H groups in total. The summed E-state index contributed by atoms with van der Waals surface area (Å²) in [4.78, 5) is 3.45. The smallest absolute Gasteiger partial charge is 0.152 e. The summed E-state index contributed by atoms with van der Waals surface area (Å²) < 4.78 is 27.7. The number of rotatable bonds is 8. The summed E-state index contributed by atoms with van der Waals surface area (Å²) in [6.07, 6.45) is 12.3. The molecule has 1 nitrogen and oxygen atoms in total. The summed E-state index contributed by atoms with van der Waals surface area (Å²) in [7, 11) is 0. The van der Waals surface area contributed by atoms with Crippen LogP contribution in [0.2, 0.25) is 0 Å². The molecule has 0 unspecified atom stereocenters. The van der Waals surface area contributed by atoms with E-state index >= 15 is 0 Å². The topological polar surface area (TPSA) is 12.4 Å². The fourth-order valence-electron chi connectivity index (χ4n) is 3.78. The zero-order valence-corrected chi connectivity index (χ0v) is 15.3. The van der Waals surface area contributed by atoms with Gasteiger partial charge in [-0.2, -0.15) is 4.99 Å². The first-order valence-corrected chi connectivity index (χ1v) is 9.60. The van der Waals surface area contributed by atoms with Crippen molar-refractivity contribution in [2.45, 2.75) is 71.1 Å². The van der Waals surface area contributed by atoms with Gasteiger partial charge in [-0.3, -0.25) is 0 Å². The van der Waals surface area contributed by atoms with Crippen molar-refractivity contribution < 1.29 is 8.78 Å². The van der Waals surface area contributed by atoms with Crippen LogP contribution in [0.5, 0.6) is 0 Å². The molecule has 24 heavy (non-hydrogen) atoms. The standard InChI is InChI=1S/C20H27F2NS/c1-2-3-4-5-15-6-8-16(9-7-15)10-11-17-12-18(21)20(23-14-24)19(22)13-17/h12-13,15-16H,2-11H2,1H3. The second-order valence-electron chi connectivity index (χ2n) is 7.03. The molecule has 132 valence electrons. The van der Waals surface area contributed by atoms with Crippen molar-refractivity contribution in [2.24, 2.45) is 16.8 Å². The average molecular weight is 352 g/mol. The van der Waals surface area contributed by atoms with Crippen LogP contribution in [0.15, 0.2) is 17.1 Å². The Kier molecular flexibility index (Phi) is 8.01. The first-order valence-electron chi connectivity index (χ1n) is 9.19. The van der Waals surface area contributed by atoms with E-state index in [1.54, 1.807) is 0 Å². The first-order chi connectivity index (χ1) is 11.6. The number of hydrogen-bond acceptors (Lipinski definition) is 2. The SMILES string of the molecule is CCCCCC1CCC(CCc2cc(F)c(N=C=S)c(F)c2)CC1. The van der Waals surface area contributed by atoms with Gasteiger partial charge in [0.2, 0.25) is 0 Å². The highest BCUT2D eigenvalue weighted by atomic mass is 32.1. The fraction of sp³-hybridized carbons (Fsp3) is 0.650. The molecule has 1 fully saturated rings. The second-order valence-corrected chi connectivity index (χ2v) is 7.21. The molecule has 0 saturated heterocycles. The summed E-state index contributed by atoms with van der Waals surface area (Å²) in [6, 6.07) is 2.76. The molecule has 0 atom stereocenters. The van der Waals surface area contributed by atoms with E-state index in [9.17, 15) is 8.78 Å². The van der Waals surface area contributed by atoms with E-state index in [4.69, 9.17) is 0 Å². The minimum absolute atomic E-state index is 0.332. The lowest BCUT2D eigenvalue weighted by atomic mass is 9.78. The number of benzene rings is 1. The third kappa shape index (κ3) is 5.75. The Labute approximate surface area is 149 Å². The van der Waals surface area contributed by atoms with Crippen LogP contribution in [0.4, 0.5) is 14.5 Å². The molecule has 1 aromatic carbocycles. The van der Waals surface area contributed by atoms with Crippen molar-refractivity contribution >= 4 is 23.1 Å². The van der Waals surface area contributed by atoms with Crippen LogP contribution in [0.1, 0.15) is 70.3 Å². The molecule has 1 aliphatic rings. The van der Waals surface area contributed by atoms with Gasteiger partial charge in [-0.05, 0) is 54.6 Å². The third-order valence-electron chi connectivity index (χ3n) is 5.26. The molecule has 0 heterocycles. The van der Waals surface area contributed by atoms with Crippen molar-refractivity contribution in [3.05, 3.63) is 29.3 Å². The molecule has 0 bridgehead atoms. The Morgan fingerprint density at radius 3 is 2.17 bits per heavy atom. The summed E-state index contributed by atoms with van der Waals surface area (Å²) >= 11 is 4.42. The summed E-state index contributed by atoms with van der Waals surface area (Å²) in [6.45, 7) is 2.25. The zero-order chi connectivity index (χ0) is 17.4. The molecule has 2 rings (SSSR count). The van der Waals surface area contributed by atoms with Crippen LogP contribution in [0, 0.1) is 23.5 Å². The number of aryl methyl sites for hydroxylation is 1. The van der Waals surface area contributed by atoms with E-state index < -0.39 is 11.6 Å².